The van der Waals surface area contributed by atoms with Crippen LogP contribution in [0.1, 0.15) is 35.1 Å². The number of carbonyl (C=O) groups excluding carboxylic acids is 1. The zero-order valence-electron chi connectivity index (χ0n) is 17.0. The van der Waals surface area contributed by atoms with Crippen molar-refractivity contribution in [1.82, 2.24) is 4.31 Å². The van der Waals surface area contributed by atoms with Crippen molar-refractivity contribution in [1.29, 1.82) is 0 Å². The second-order valence-electron chi connectivity index (χ2n) is 7.78. The Bertz CT molecular complexity index is 999. The van der Waals surface area contributed by atoms with Crippen molar-refractivity contribution in [3.05, 3.63) is 58.7 Å². The van der Waals surface area contributed by atoms with Crippen molar-refractivity contribution in [3.8, 4) is 0 Å². The fourth-order valence-corrected chi connectivity index (χ4v) is 5.44. The Morgan fingerprint density at radius 3 is 2.36 bits per heavy atom. The van der Waals surface area contributed by atoms with Gasteiger partial charge in [0.25, 0.3) is 0 Å². The summed E-state index contributed by atoms with van der Waals surface area (Å²) < 4.78 is 27.8. The van der Waals surface area contributed by atoms with Gasteiger partial charge in [0.15, 0.2) is 0 Å². The topological polar surface area (TPSA) is 66.5 Å². The molecule has 0 aliphatic carbocycles. The lowest BCUT2D eigenvalue weighted by Gasteiger charge is -2.31. The molecule has 5 nitrogen and oxygen atoms in total. The Hall–Kier alpha value is -2.18. The molecule has 1 amide bonds. The van der Waals surface area contributed by atoms with Crippen molar-refractivity contribution in [2.45, 2.75) is 45.4 Å². The van der Waals surface area contributed by atoms with Crippen LogP contribution in [0.5, 0.6) is 0 Å². The van der Waals surface area contributed by atoms with Gasteiger partial charge in [-0.3, -0.25) is 4.79 Å². The molecule has 1 heterocycles. The lowest BCUT2D eigenvalue weighted by atomic mass is 9.98. The van der Waals surface area contributed by atoms with Gasteiger partial charge < -0.3 is 5.32 Å². The fraction of sp³-hybridized carbons (Fsp3) is 0.409. The molecule has 0 saturated carbocycles. The normalized spacial score (nSPS) is 18.1. The first-order valence-electron chi connectivity index (χ1n) is 9.64. The number of anilines is 1. The van der Waals surface area contributed by atoms with E-state index in [1.54, 1.807) is 13.0 Å². The standard InChI is InChI=1S/C22H28N2O3S/c1-15-7-9-17(3)20(12-15)23-22(25)19-6-5-11-24(14-19)28(26,27)21-13-16(2)8-10-18(21)4/h7-10,12-13,19H,5-6,11,14H2,1-4H3,(H,23,25)/t19-/m1/s1. The second kappa shape index (κ2) is 8.05. The summed E-state index contributed by atoms with van der Waals surface area (Å²) >= 11 is 0. The van der Waals surface area contributed by atoms with Gasteiger partial charge in [-0.25, -0.2) is 8.42 Å². The summed E-state index contributed by atoms with van der Waals surface area (Å²) in [4.78, 5) is 13.2. The van der Waals surface area contributed by atoms with Crippen molar-refractivity contribution >= 4 is 21.6 Å². The van der Waals surface area contributed by atoms with Gasteiger partial charge in [0.05, 0.1) is 10.8 Å². The number of carbonyl (C=O) groups is 1. The first kappa shape index (κ1) is 20.6. The van der Waals surface area contributed by atoms with E-state index in [2.05, 4.69) is 5.32 Å². The third-order valence-electron chi connectivity index (χ3n) is 5.37. The third kappa shape index (κ3) is 4.28. The van der Waals surface area contributed by atoms with Gasteiger partial charge in [-0.2, -0.15) is 4.31 Å². The molecule has 0 bridgehead atoms. The lowest BCUT2D eigenvalue weighted by Crippen LogP contribution is -2.43. The quantitative estimate of drug-likeness (QED) is 0.845. The van der Waals surface area contributed by atoms with Crippen LogP contribution in [-0.2, 0) is 14.8 Å². The summed E-state index contributed by atoms with van der Waals surface area (Å²) in [7, 11) is -3.62. The smallest absolute Gasteiger partial charge is 0.243 e. The molecule has 1 atom stereocenters. The number of aryl methyl sites for hydroxylation is 4. The summed E-state index contributed by atoms with van der Waals surface area (Å²) in [6, 6.07) is 11.4. The Balaban J connectivity index is 1.79. The SMILES string of the molecule is Cc1ccc(C)c(NC(=O)[C@@H]2CCCN(S(=O)(=O)c3cc(C)ccc3C)C2)c1. The van der Waals surface area contributed by atoms with E-state index in [9.17, 15) is 13.2 Å². The van der Waals surface area contributed by atoms with Crippen LogP contribution >= 0.6 is 0 Å². The molecule has 2 aromatic rings. The minimum Gasteiger partial charge on any atom is -0.326 e. The van der Waals surface area contributed by atoms with Crippen LogP contribution in [0.25, 0.3) is 0 Å². The minimum atomic E-state index is -3.62. The lowest BCUT2D eigenvalue weighted by molar-refractivity contribution is -0.120. The van der Waals surface area contributed by atoms with Crippen molar-refractivity contribution in [2.24, 2.45) is 5.92 Å². The van der Waals surface area contributed by atoms with Crippen LogP contribution in [-0.4, -0.2) is 31.7 Å². The van der Waals surface area contributed by atoms with Crippen LogP contribution in [0.2, 0.25) is 0 Å². The molecule has 0 aromatic heterocycles. The Morgan fingerprint density at radius 1 is 1.00 bits per heavy atom. The first-order valence-corrected chi connectivity index (χ1v) is 11.1. The number of piperidine rings is 1. The predicted octanol–water partition coefficient (Wildman–Crippen LogP) is 3.96. The maximum absolute atomic E-state index is 13.2. The van der Waals surface area contributed by atoms with E-state index in [-0.39, 0.29) is 18.4 Å². The summed E-state index contributed by atoms with van der Waals surface area (Å²) in [5, 5.41) is 2.99. The maximum Gasteiger partial charge on any atom is 0.243 e. The van der Waals surface area contributed by atoms with E-state index in [1.165, 1.54) is 4.31 Å². The molecular weight excluding hydrogens is 372 g/mol. The molecule has 3 rings (SSSR count). The summed E-state index contributed by atoms with van der Waals surface area (Å²) in [5.41, 5.74) is 4.50. The largest absolute Gasteiger partial charge is 0.326 e. The minimum absolute atomic E-state index is 0.116. The monoisotopic (exact) mass is 400 g/mol. The molecule has 1 aliphatic heterocycles. The summed E-state index contributed by atoms with van der Waals surface area (Å²) in [6.45, 7) is 8.28. The van der Waals surface area contributed by atoms with Crippen LogP contribution in [0.3, 0.4) is 0 Å². The fourth-order valence-electron chi connectivity index (χ4n) is 3.60. The highest BCUT2D eigenvalue weighted by atomic mass is 32.2. The summed E-state index contributed by atoms with van der Waals surface area (Å²) in [5.74, 6) is -0.469. The van der Waals surface area contributed by atoms with E-state index >= 15 is 0 Å². The number of sulfonamides is 1. The molecule has 1 saturated heterocycles. The number of nitrogens with zero attached hydrogens (tertiary/aromatic N) is 1. The molecule has 0 radical (unpaired) electrons. The van der Waals surface area contributed by atoms with E-state index in [0.717, 1.165) is 27.9 Å². The molecule has 6 heteroatoms. The zero-order valence-corrected chi connectivity index (χ0v) is 17.8. The first-order chi connectivity index (χ1) is 13.2. The van der Waals surface area contributed by atoms with E-state index < -0.39 is 10.0 Å². The van der Waals surface area contributed by atoms with Gasteiger partial charge in [-0.05, 0) is 74.9 Å². The van der Waals surface area contributed by atoms with Crippen molar-refractivity contribution < 1.29 is 13.2 Å². The molecule has 2 aromatic carbocycles. The van der Waals surface area contributed by atoms with Crippen LogP contribution < -0.4 is 5.32 Å². The molecule has 0 unspecified atom stereocenters. The van der Waals surface area contributed by atoms with E-state index in [0.29, 0.717) is 24.3 Å². The molecule has 150 valence electrons. The van der Waals surface area contributed by atoms with E-state index in [1.807, 2.05) is 51.1 Å². The maximum atomic E-state index is 13.2. The van der Waals surface area contributed by atoms with Gasteiger partial charge in [-0.15, -0.1) is 0 Å². The summed E-state index contributed by atoms with van der Waals surface area (Å²) in [6.07, 6.45) is 1.37. The van der Waals surface area contributed by atoms with Gasteiger partial charge in [0.1, 0.15) is 0 Å². The average molecular weight is 401 g/mol. The average Bonchev–Trinajstić information content (AvgIpc) is 2.66. The van der Waals surface area contributed by atoms with Crippen LogP contribution in [0, 0.1) is 33.6 Å². The molecule has 1 fully saturated rings. The van der Waals surface area contributed by atoms with Crippen LogP contribution in [0.15, 0.2) is 41.3 Å². The second-order valence-corrected chi connectivity index (χ2v) is 9.69. The number of amides is 1. The number of hydrogen-bond acceptors (Lipinski definition) is 3. The van der Waals surface area contributed by atoms with E-state index in [4.69, 9.17) is 0 Å². The Kier molecular flexibility index (Phi) is 5.91. The van der Waals surface area contributed by atoms with Crippen molar-refractivity contribution in [2.75, 3.05) is 18.4 Å². The van der Waals surface area contributed by atoms with Gasteiger partial charge in [0, 0.05) is 18.8 Å². The predicted molar refractivity (Wildman–Crippen MR) is 112 cm³/mol. The third-order valence-corrected chi connectivity index (χ3v) is 7.37. The van der Waals surface area contributed by atoms with Gasteiger partial charge >= 0.3 is 0 Å². The molecule has 0 spiro atoms. The van der Waals surface area contributed by atoms with Gasteiger partial charge in [0.2, 0.25) is 15.9 Å². The number of benzene rings is 2. The van der Waals surface area contributed by atoms with Gasteiger partial charge in [-0.1, -0.05) is 24.3 Å². The number of rotatable bonds is 4. The van der Waals surface area contributed by atoms with Crippen LogP contribution in [0.4, 0.5) is 5.69 Å². The number of hydrogen-bond donors (Lipinski definition) is 1. The molecular formula is C22H28N2O3S. The zero-order chi connectivity index (χ0) is 20.5. The highest BCUT2D eigenvalue weighted by Crippen LogP contribution is 2.27. The highest BCUT2D eigenvalue weighted by molar-refractivity contribution is 7.89. The Morgan fingerprint density at radius 2 is 1.64 bits per heavy atom. The number of nitrogens with one attached hydrogen (secondary N) is 1. The molecule has 28 heavy (non-hydrogen) atoms. The van der Waals surface area contributed by atoms with Crippen molar-refractivity contribution in [3.63, 3.8) is 0 Å². The highest BCUT2D eigenvalue weighted by Gasteiger charge is 2.34. The Labute approximate surface area is 167 Å². The molecule has 1 aliphatic rings. The molecule has 1 N–H and O–H groups in total.